The van der Waals surface area contributed by atoms with E-state index in [0.717, 1.165) is 18.7 Å². The lowest BCUT2D eigenvalue weighted by atomic mass is 10.1. The molecule has 1 aliphatic rings. The van der Waals surface area contributed by atoms with E-state index in [2.05, 4.69) is 5.32 Å². The minimum Gasteiger partial charge on any atom is -0.375 e. The Labute approximate surface area is 95.8 Å². The van der Waals surface area contributed by atoms with Crippen molar-refractivity contribution in [3.8, 4) is 0 Å². The molecule has 2 rings (SSSR count). The Balaban J connectivity index is 1.71. The summed E-state index contributed by atoms with van der Waals surface area (Å²) in [6.07, 6.45) is 3.73. The van der Waals surface area contributed by atoms with E-state index in [0.29, 0.717) is 12.6 Å². The van der Waals surface area contributed by atoms with E-state index in [9.17, 15) is 4.39 Å². The lowest BCUT2D eigenvalue weighted by Crippen LogP contribution is -2.37. The minimum absolute atomic E-state index is 0.197. The predicted molar refractivity (Wildman–Crippen MR) is 61.7 cm³/mol. The molecule has 0 radical (unpaired) electrons. The zero-order chi connectivity index (χ0) is 11.2. The second-order valence-electron chi connectivity index (χ2n) is 4.29. The van der Waals surface area contributed by atoms with Gasteiger partial charge in [-0.15, -0.1) is 0 Å². The zero-order valence-corrected chi connectivity index (χ0v) is 9.42. The lowest BCUT2D eigenvalue weighted by Gasteiger charge is -2.23. The van der Waals surface area contributed by atoms with Gasteiger partial charge >= 0.3 is 0 Å². The summed E-state index contributed by atoms with van der Waals surface area (Å²) in [6, 6.07) is 7.05. The highest BCUT2D eigenvalue weighted by Crippen LogP contribution is 2.09. The summed E-state index contributed by atoms with van der Waals surface area (Å²) in [5.41, 5.74) is 0.899. The molecular formula is C13H18FNO. The number of piperidine rings is 1. The van der Waals surface area contributed by atoms with Gasteiger partial charge in [0.25, 0.3) is 0 Å². The van der Waals surface area contributed by atoms with Gasteiger partial charge in [0.1, 0.15) is 5.82 Å². The summed E-state index contributed by atoms with van der Waals surface area (Å²) >= 11 is 0. The van der Waals surface area contributed by atoms with Crippen LogP contribution in [0.4, 0.5) is 4.39 Å². The Kier molecular flexibility index (Phi) is 4.31. The van der Waals surface area contributed by atoms with Crippen molar-refractivity contribution in [2.75, 3.05) is 13.2 Å². The maximum atomic E-state index is 12.9. The molecule has 0 aromatic heterocycles. The fourth-order valence-electron chi connectivity index (χ4n) is 2.01. The SMILES string of the molecule is Fc1cccc(COCC2CCCCN2)c1. The molecule has 16 heavy (non-hydrogen) atoms. The molecule has 1 N–H and O–H groups in total. The average Bonchev–Trinajstić information content (AvgIpc) is 2.30. The molecule has 0 bridgehead atoms. The summed E-state index contributed by atoms with van der Waals surface area (Å²) in [6.45, 7) is 2.31. The average molecular weight is 223 g/mol. The van der Waals surface area contributed by atoms with Crippen LogP contribution in [0, 0.1) is 5.82 Å². The maximum absolute atomic E-state index is 12.9. The van der Waals surface area contributed by atoms with Crippen LogP contribution < -0.4 is 5.32 Å². The van der Waals surface area contributed by atoms with E-state index in [-0.39, 0.29) is 5.82 Å². The number of halogens is 1. The van der Waals surface area contributed by atoms with Gasteiger partial charge < -0.3 is 10.1 Å². The highest BCUT2D eigenvalue weighted by atomic mass is 19.1. The summed E-state index contributed by atoms with van der Waals surface area (Å²) in [5.74, 6) is -0.197. The highest BCUT2D eigenvalue weighted by molar-refractivity contribution is 5.15. The number of rotatable bonds is 4. The Bertz CT molecular complexity index is 323. The molecule has 1 unspecified atom stereocenters. The third kappa shape index (κ3) is 3.58. The Morgan fingerprint density at radius 3 is 3.06 bits per heavy atom. The fraction of sp³-hybridized carbons (Fsp3) is 0.538. The van der Waals surface area contributed by atoms with Crippen LogP contribution in [0.5, 0.6) is 0 Å². The second kappa shape index (κ2) is 5.97. The Hall–Kier alpha value is -0.930. The van der Waals surface area contributed by atoms with Crippen molar-refractivity contribution in [2.24, 2.45) is 0 Å². The summed E-state index contributed by atoms with van der Waals surface area (Å²) in [7, 11) is 0. The first-order valence-electron chi connectivity index (χ1n) is 5.90. The number of hydrogen-bond donors (Lipinski definition) is 1. The molecule has 1 saturated heterocycles. The molecule has 1 heterocycles. The van der Waals surface area contributed by atoms with Crippen LogP contribution in [0.2, 0.25) is 0 Å². The summed E-state index contributed by atoms with van der Waals surface area (Å²) in [5, 5.41) is 3.42. The summed E-state index contributed by atoms with van der Waals surface area (Å²) in [4.78, 5) is 0. The monoisotopic (exact) mass is 223 g/mol. The van der Waals surface area contributed by atoms with Crippen molar-refractivity contribution in [3.63, 3.8) is 0 Å². The fourth-order valence-corrected chi connectivity index (χ4v) is 2.01. The van der Waals surface area contributed by atoms with Crippen molar-refractivity contribution in [2.45, 2.75) is 31.9 Å². The quantitative estimate of drug-likeness (QED) is 0.846. The molecule has 0 amide bonds. The van der Waals surface area contributed by atoms with Gasteiger partial charge in [-0.1, -0.05) is 18.6 Å². The van der Waals surface area contributed by atoms with Gasteiger partial charge in [0.2, 0.25) is 0 Å². The van der Waals surface area contributed by atoms with E-state index in [1.165, 1.54) is 31.4 Å². The first-order chi connectivity index (χ1) is 7.84. The Morgan fingerprint density at radius 1 is 1.38 bits per heavy atom. The van der Waals surface area contributed by atoms with Crippen LogP contribution in [0.15, 0.2) is 24.3 Å². The molecule has 1 atom stereocenters. The van der Waals surface area contributed by atoms with Crippen LogP contribution in [0.1, 0.15) is 24.8 Å². The Morgan fingerprint density at radius 2 is 2.31 bits per heavy atom. The van der Waals surface area contributed by atoms with Gasteiger partial charge in [-0.2, -0.15) is 0 Å². The van der Waals surface area contributed by atoms with Gasteiger partial charge in [0, 0.05) is 6.04 Å². The van der Waals surface area contributed by atoms with Crippen molar-refractivity contribution < 1.29 is 9.13 Å². The normalized spacial score (nSPS) is 20.9. The molecule has 1 aromatic carbocycles. The summed E-state index contributed by atoms with van der Waals surface area (Å²) < 4.78 is 18.5. The van der Waals surface area contributed by atoms with Crippen LogP contribution in [-0.2, 0) is 11.3 Å². The smallest absolute Gasteiger partial charge is 0.123 e. The predicted octanol–water partition coefficient (Wildman–Crippen LogP) is 2.48. The van der Waals surface area contributed by atoms with E-state index in [1.54, 1.807) is 6.07 Å². The molecule has 0 saturated carbocycles. The maximum Gasteiger partial charge on any atom is 0.123 e. The third-order valence-corrected chi connectivity index (χ3v) is 2.89. The lowest BCUT2D eigenvalue weighted by molar-refractivity contribution is 0.0910. The zero-order valence-electron chi connectivity index (χ0n) is 9.42. The van der Waals surface area contributed by atoms with Crippen molar-refractivity contribution in [1.29, 1.82) is 0 Å². The molecule has 0 spiro atoms. The highest BCUT2D eigenvalue weighted by Gasteiger charge is 2.11. The van der Waals surface area contributed by atoms with Gasteiger partial charge in [-0.25, -0.2) is 4.39 Å². The van der Waals surface area contributed by atoms with Crippen LogP contribution >= 0.6 is 0 Å². The van der Waals surface area contributed by atoms with Gasteiger partial charge in [0.15, 0.2) is 0 Å². The molecule has 3 heteroatoms. The number of benzene rings is 1. The largest absolute Gasteiger partial charge is 0.375 e. The molecule has 0 aliphatic carbocycles. The van der Waals surface area contributed by atoms with Crippen molar-refractivity contribution >= 4 is 0 Å². The van der Waals surface area contributed by atoms with E-state index >= 15 is 0 Å². The molecule has 1 aliphatic heterocycles. The minimum atomic E-state index is -0.197. The molecule has 1 aromatic rings. The van der Waals surface area contributed by atoms with Gasteiger partial charge in [0.05, 0.1) is 13.2 Å². The van der Waals surface area contributed by atoms with Crippen molar-refractivity contribution in [1.82, 2.24) is 5.32 Å². The number of hydrogen-bond acceptors (Lipinski definition) is 2. The van der Waals surface area contributed by atoms with Crippen LogP contribution in [-0.4, -0.2) is 19.2 Å². The topological polar surface area (TPSA) is 21.3 Å². The molecule has 88 valence electrons. The number of nitrogens with one attached hydrogen (secondary N) is 1. The second-order valence-corrected chi connectivity index (χ2v) is 4.29. The van der Waals surface area contributed by atoms with E-state index in [4.69, 9.17) is 4.74 Å². The first-order valence-corrected chi connectivity index (χ1v) is 5.90. The number of ether oxygens (including phenoxy) is 1. The standard InChI is InChI=1S/C13H18FNO/c14-12-5-3-4-11(8-12)9-16-10-13-6-1-2-7-15-13/h3-5,8,13,15H,1-2,6-7,9-10H2. The van der Waals surface area contributed by atoms with Crippen LogP contribution in [0.3, 0.4) is 0 Å². The van der Waals surface area contributed by atoms with E-state index < -0.39 is 0 Å². The van der Waals surface area contributed by atoms with Crippen molar-refractivity contribution in [3.05, 3.63) is 35.6 Å². The van der Waals surface area contributed by atoms with Gasteiger partial charge in [-0.3, -0.25) is 0 Å². The van der Waals surface area contributed by atoms with Crippen LogP contribution in [0.25, 0.3) is 0 Å². The van der Waals surface area contributed by atoms with Gasteiger partial charge in [-0.05, 0) is 37.1 Å². The van der Waals surface area contributed by atoms with E-state index in [1.807, 2.05) is 6.07 Å². The molecule has 2 nitrogen and oxygen atoms in total. The first kappa shape index (κ1) is 11.6. The molecular weight excluding hydrogens is 205 g/mol. The third-order valence-electron chi connectivity index (χ3n) is 2.89. The molecule has 1 fully saturated rings.